The van der Waals surface area contributed by atoms with Crippen LogP contribution >= 0.6 is 11.3 Å². The second-order valence-corrected chi connectivity index (χ2v) is 5.96. The van der Waals surface area contributed by atoms with Gasteiger partial charge in [-0.15, -0.1) is 11.3 Å². The maximum Gasteiger partial charge on any atom is 0.339 e. The van der Waals surface area contributed by atoms with Gasteiger partial charge in [-0.05, 0) is 30.9 Å². The number of carbonyl (C=O) groups is 2. The predicted octanol–water partition coefficient (Wildman–Crippen LogP) is 2.73. The van der Waals surface area contributed by atoms with Crippen molar-refractivity contribution in [2.75, 3.05) is 18.0 Å². The Morgan fingerprint density at radius 1 is 1.60 bits per heavy atom. The Hall–Kier alpha value is -2.05. The fourth-order valence-corrected chi connectivity index (χ4v) is 3.48. The van der Waals surface area contributed by atoms with E-state index in [9.17, 15) is 14.7 Å². The molecule has 1 saturated heterocycles. The number of hydrogen-bond acceptors (Lipinski definition) is 4. The molecular weight excluding hydrogens is 280 g/mol. The summed E-state index contributed by atoms with van der Waals surface area (Å²) in [6.07, 6.45) is 0.286. The van der Waals surface area contributed by atoms with E-state index in [0.717, 1.165) is 4.88 Å². The lowest BCUT2D eigenvalue weighted by Gasteiger charge is -2.15. The second-order valence-electron chi connectivity index (χ2n) is 4.76. The Balaban J connectivity index is 2.33. The first-order chi connectivity index (χ1) is 9.45. The summed E-state index contributed by atoms with van der Waals surface area (Å²) in [6, 6.07) is 0. The molecule has 1 fully saturated rings. The van der Waals surface area contributed by atoms with E-state index < -0.39 is 5.97 Å². The van der Waals surface area contributed by atoms with Crippen LogP contribution in [0.15, 0.2) is 5.11 Å². The summed E-state index contributed by atoms with van der Waals surface area (Å²) in [4.78, 5) is 28.5. The average Bonchev–Trinajstić information content (AvgIpc) is 2.88. The van der Waals surface area contributed by atoms with E-state index in [0.29, 0.717) is 17.1 Å². The lowest BCUT2D eigenvalue weighted by Crippen LogP contribution is -2.25. The van der Waals surface area contributed by atoms with Crippen molar-refractivity contribution >= 4 is 28.2 Å². The van der Waals surface area contributed by atoms with E-state index in [-0.39, 0.29) is 30.4 Å². The van der Waals surface area contributed by atoms with Crippen LogP contribution in [-0.4, -0.2) is 30.1 Å². The second kappa shape index (κ2) is 5.52. The molecule has 1 N–H and O–H groups in total. The van der Waals surface area contributed by atoms with E-state index >= 15 is 0 Å². The van der Waals surface area contributed by atoms with Crippen LogP contribution in [0.2, 0.25) is 0 Å². The van der Waals surface area contributed by atoms with Crippen LogP contribution in [0.3, 0.4) is 0 Å². The van der Waals surface area contributed by atoms with Crippen LogP contribution < -0.4 is 4.90 Å². The first kappa shape index (κ1) is 14.4. The first-order valence-electron chi connectivity index (χ1n) is 6.10. The van der Waals surface area contributed by atoms with Crippen LogP contribution in [0.4, 0.5) is 5.00 Å². The van der Waals surface area contributed by atoms with Gasteiger partial charge < -0.3 is 10.0 Å². The van der Waals surface area contributed by atoms with E-state index in [1.165, 1.54) is 16.2 Å². The molecule has 1 aromatic rings. The molecular formula is C12H14N4O3S. The van der Waals surface area contributed by atoms with Crippen molar-refractivity contribution in [2.45, 2.75) is 20.3 Å². The number of carboxylic acids is 1. The highest BCUT2D eigenvalue weighted by molar-refractivity contribution is 7.16. The number of carboxylic acid groups (broad SMARTS) is 1. The minimum atomic E-state index is -1.02. The highest BCUT2D eigenvalue weighted by atomic mass is 32.1. The van der Waals surface area contributed by atoms with Gasteiger partial charge in [0.15, 0.2) is 0 Å². The van der Waals surface area contributed by atoms with E-state index in [1.807, 2.05) is 6.92 Å². The molecule has 1 amide bonds. The van der Waals surface area contributed by atoms with Gasteiger partial charge in [0.1, 0.15) is 5.00 Å². The van der Waals surface area contributed by atoms with Crippen molar-refractivity contribution in [3.63, 3.8) is 0 Å². The zero-order valence-corrected chi connectivity index (χ0v) is 12.0. The van der Waals surface area contributed by atoms with Crippen molar-refractivity contribution < 1.29 is 14.7 Å². The average molecular weight is 294 g/mol. The van der Waals surface area contributed by atoms with Crippen LogP contribution in [0, 0.1) is 19.8 Å². The van der Waals surface area contributed by atoms with Gasteiger partial charge in [-0.2, -0.15) is 0 Å². The minimum absolute atomic E-state index is 0.0530. The molecule has 0 spiro atoms. The number of hydrogen-bond donors (Lipinski definition) is 1. The molecule has 0 bridgehead atoms. The minimum Gasteiger partial charge on any atom is -0.478 e. The molecule has 1 aliphatic rings. The maximum absolute atomic E-state index is 12.0. The molecule has 0 saturated carbocycles. The third kappa shape index (κ3) is 2.48. The lowest BCUT2D eigenvalue weighted by atomic mass is 10.1. The number of nitrogens with zero attached hydrogens (tertiary/aromatic N) is 4. The summed E-state index contributed by atoms with van der Waals surface area (Å²) >= 11 is 1.32. The van der Waals surface area contributed by atoms with Crippen molar-refractivity contribution in [3.8, 4) is 0 Å². The standard InChI is InChI=1S/C12H14N4O3S/c1-6-7(2)20-11(10(6)12(18)19)16-5-8(3-9(16)17)4-14-15-13/h8H,3-5H2,1-2H3,(H,18,19). The molecule has 7 nitrogen and oxygen atoms in total. The third-order valence-electron chi connectivity index (χ3n) is 3.43. The van der Waals surface area contributed by atoms with Crippen molar-refractivity contribution in [1.82, 2.24) is 0 Å². The van der Waals surface area contributed by atoms with Gasteiger partial charge in [-0.1, -0.05) is 5.11 Å². The summed E-state index contributed by atoms with van der Waals surface area (Å²) in [5.74, 6) is -1.19. The Bertz CT molecular complexity index is 618. The Morgan fingerprint density at radius 2 is 2.30 bits per heavy atom. The number of amides is 1. The smallest absolute Gasteiger partial charge is 0.339 e. The zero-order chi connectivity index (χ0) is 14.9. The van der Waals surface area contributed by atoms with E-state index in [1.54, 1.807) is 6.92 Å². The van der Waals surface area contributed by atoms with Crippen LogP contribution in [0.25, 0.3) is 10.4 Å². The fraction of sp³-hybridized carbons (Fsp3) is 0.500. The summed E-state index contributed by atoms with van der Waals surface area (Å²) in [7, 11) is 0. The molecule has 2 rings (SSSR count). The van der Waals surface area contributed by atoms with Gasteiger partial charge in [0.2, 0.25) is 5.91 Å². The molecule has 0 aliphatic carbocycles. The number of anilines is 1. The summed E-state index contributed by atoms with van der Waals surface area (Å²) in [5, 5.41) is 13.3. The van der Waals surface area contributed by atoms with Crippen LogP contribution in [-0.2, 0) is 4.79 Å². The SMILES string of the molecule is Cc1sc(N2CC(CN=[N+]=[N-])CC2=O)c(C(=O)O)c1C. The summed E-state index contributed by atoms with van der Waals surface area (Å²) in [6.45, 7) is 4.24. The van der Waals surface area contributed by atoms with Crippen molar-refractivity contribution in [2.24, 2.45) is 11.0 Å². The molecule has 1 aliphatic heterocycles. The molecule has 8 heteroatoms. The van der Waals surface area contributed by atoms with Gasteiger partial charge in [-0.25, -0.2) is 4.79 Å². The molecule has 0 aromatic carbocycles. The molecule has 106 valence electrons. The molecule has 1 unspecified atom stereocenters. The first-order valence-corrected chi connectivity index (χ1v) is 6.91. The van der Waals surface area contributed by atoms with Gasteiger partial charge in [0, 0.05) is 29.3 Å². The normalized spacial score (nSPS) is 18.2. The number of aromatic carboxylic acids is 1. The Kier molecular flexibility index (Phi) is 3.96. The van der Waals surface area contributed by atoms with E-state index in [4.69, 9.17) is 5.53 Å². The van der Waals surface area contributed by atoms with Gasteiger partial charge in [0.05, 0.1) is 5.56 Å². The number of rotatable bonds is 4. The summed E-state index contributed by atoms with van der Waals surface area (Å²) < 4.78 is 0. The predicted molar refractivity (Wildman–Crippen MR) is 75.2 cm³/mol. The lowest BCUT2D eigenvalue weighted by molar-refractivity contribution is -0.117. The molecule has 1 atom stereocenters. The van der Waals surface area contributed by atoms with Crippen molar-refractivity contribution in [1.29, 1.82) is 0 Å². The molecule has 2 heterocycles. The molecule has 20 heavy (non-hydrogen) atoms. The fourth-order valence-electron chi connectivity index (χ4n) is 2.30. The van der Waals surface area contributed by atoms with Crippen molar-refractivity contribution in [3.05, 3.63) is 26.4 Å². The Morgan fingerprint density at radius 3 is 2.90 bits per heavy atom. The number of aryl methyl sites for hydroxylation is 1. The largest absolute Gasteiger partial charge is 0.478 e. The third-order valence-corrected chi connectivity index (χ3v) is 4.66. The molecule has 1 aromatic heterocycles. The molecule has 0 radical (unpaired) electrons. The number of azide groups is 1. The highest BCUT2D eigenvalue weighted by Crippen LogP contribution is 2.38. The van der Waals surface area contributed by atoms with Gasteiger partial charge >= 0.3 is 5.97 Å². The topological polar surface area (TPSA) is 106 Å². The number of thiophene rings is 1. The zero-order valence-electron chi connectivity index (χ0n) is 11.2. The highest BCUT2D eigenvalue weighted by Gasteiger charge is 2.34. The Labute approximate surface area is 119 Å². The maximum atomic E-state index is 12.0. The van der Waals surface area contributed by atoms with Gasteiger partial charge in [-0.3, -0.25) is 4.79 Å². The quantitative estimate of drug-likeness (QED) is 0.524. The number of carbonyl (C=O) groups excluding carboxylic acids is 1. The monoisotopic (exact) mass is 294 g/mol. The van der Waals surface area contributed by atoms with Gasteiger partial charge in [0.25, 0.3) is 0 Å². The van der Waals surface area contributed by atoms with Crippen LogP contribution in [0.1, 0.15) is 27.2 Å². The van der Waals surface area contributed by atoms with E-state index in [2.05, 4.69) is 10.0 Å². The van der Waals surface area contributed by atoms with Crippen LogP contribution in [0.5, 0.6) is 0 Å². The summed E-state index contributed by atoms with van der Waals surface area (Å²) in [5.41, 5.74) is 9.21.